The highest BCUT2D eigenvalue weighted by Gasteiger charge is 2.12. The fraction of sp³-hybridized carbons (Fsp3) is 0.500. The molecular weight excluding hydrogens is 223 g/mol. The van der Waals surface area contributed by atoms with Crippen molar-refractivity contribution in [3.05, 3.63) is 35.9 Å². The fourth-order valence-electron chi connectivity index (χ4n) is 1.03. The number of hydrogen-bond acceptors (Lipinski definition) is 3. The van der Waals surface area contributed by atoms with Gasteiger partial charge in [-0.15, -0.1) is 0 Å². The molecule has 90 valence electrons. The van der Waals surface area contributed by atoms with Gasteiger partial charge in [-0.05, 0) is 11.0 Å². The van der Waals surface area contributed by atoms with Crippen molar-refractivity contribution < 1.29 is 13.6 Å². The van der Waals surface area contributed by atoms with Gasteiger partial charge in [-0.3, -0.25) is 4.57 Å². The van der Waals surface area contributed by atoms with Gasteiger partial charge in [0, 0.05) is 0 Å². The quantitative estimate of drug-likeness (QED) is 0.739. The lowest BCUT2D eigenvalue weighted by Gasteiger charge is -2.17. The molecule has 0 aromatic heterocycles. The van der Waals surface area contributed by atoms with Crippen LogP contribution in [-0.2, 0) is 20.2 Å². The topological polar surface area (TPSA) is 35.5 Å². The molecule has 4 heteroatoms. The molecule has 1 aromatic carbocycles. The fourth-order valence-corrected chi connectivity index (χ4v) is 1.95. The summed E-state index contributed by atoms with van der Waals surface area (Å²) < 4.78 is 21.7. The lowest BCUT2D eigenvalue weighted by Crippen LogP contribution is -2.12. The third-order valence-electron chi connectivity index (χ3n) is 1.82. The van der Waals surface area contributed by atoms with Crippen molar-refractivity contribution in [1.29, 1.82) is 0 Å². The van der Waals surface area contributed by atoms with E-state index in [1.807, 2.05) is 51.1 Å². The van der Waals surface area contributed by atoms with Crippen molar-refractivity contribution in [2.75, 3.05) is 6.61 Å². The van der Waals surface area contributed by atoms with E-state index in [0.717, 1.165) is 5.56 Å². The number of hydrogen-bond donors (Lipinski definition) is 0. The van der Waals surface area contributed by atoms with E-state index in [4.69, 9.17) is 9.05 Å². The van der Waals surface area contributed by atoms with Crippen LogP contribution < -0.4 is 0 Å². The van der Waals surface area contributed by atoms with E-state index >= 15 is 0 Å². The largest absolute Gasteiger partial charge is 0.319 e. The molecule has 16 heavy (non-hydrogen) atoms. The first-order chi connectivity index (χ1) is 7.47. The maximum Gasteiger partial charge on any atom is 0.319 e. The highest BCUT2D eigenvalue weighted by Crippen LogP contribution is 2.29. The molecule has 0 amide bonds. The first-order valence-electron chi connectivity index (χ1n) is 5.31. The van der Waals surface area contributed by atoms with Gasteiger partial charge in [0.05, 0.1) is 13.2 Å². The van der Waals surface area contributed by atoms with Crippen LogP contribution in [0.3, 0.4) is 0 Å². The maximum atomic E-state index is 11.4. The first kappa shape index (κ1) is 13.4. The number of benzene rings is 1. The lowest BCUT2D eigenvalue weighted by molar-refractivity contribution is 0.162. The normalized spacial score (nSPS) is 13.7. The number of rotatable bonds is 5. The van der Waals surface area contributed by atoms with Gasteiger partial charge in [0.25, 0.3) is 0 Å². The molecular formula is C12H19O3P. The molecule has 1 aromatic rings. The summed E-state index contributed by atoms with van der Waals surface area (Å²) >= 11 is 0. The van der Waals surface area contributed by atoms with Gasteiger partial charge in [-0.2, -0.15) is 0 Å². The van der Waals surface area contributed by atoms with Gasteiger partial charge >= 0.3 is 8.25 Å². The first-order valence-corrected chi connectivity index (χ1v) is 6.53. The molecule has 1 rings (SSSR count). The van der Waals surface area contributed by atoms with Crippen molar-refractivity contribution in [2.24, 2.45) is 5.41 Å². The summed E-state index contributed by atoms with van der Waals surface area (Å²) in [6, 6.07) is 9.64. The molecule has 1 atom stereocenters. The van der Waals surface area contributed by atoms with E-state index in [2.05, 4.69) is 0 Å². The van der Waals surface area contributed by atoms with Gasteiger partial charge in [-0.25, -0.2) is 0 Å². The van der Waals surface area contributed by atoms with E-state index < -0.39 is 8.25 Å². The molecule has 0 saturated heterocycles. The monoisotopic (exact) mass is 242 g/mol. The Morgan fingerprint density at radius 1 is 1.12 bits per heavy atom. The Kier molecular flexibility index (Phi) is 5.20. The van der Waals surface area contributed by atoms with Crippen LogP contribution in [0.15, 0.2) is 30.3 Å². The molecule has 0 aliphatic rings. The average molecular weight is 242 g/mol. The summed E-state index contributed by atoms with van der Waals surface area (Å²) in [5.74, 6) is 0. The molecule has 0 aliphatic heterocycles. The summed E-state index contributed by atoms with van der Waals surface area (Å²) in [4.78, 5) is 0. The van der Waals surface area contributed by atoms with E-state index in [1.54, 1.807) is 0 Å². The third-order valence-corrected chi connectivity index (χ3v) is 2.58. The van der Waals surface area contributed by atoms with Crippen LogP contribution in [0.25, 0.3) is 0 Å². The van der Waals surface area contributed by atoms with Crippen molar-refractivity contribution in [1.82, 2.24) is 0 Å². The zero-order valence-electron chi connectivity index (χ0n) is 10.0. The van der Waals surface area contributed by atoms with E-state index in [0.29, 0.717) is 13.2 Å². The zero-order chi connectivity index (χ0) is 12.0. The van der Waals surface area contributed by atoms with Crippen molar-refractivity contribution in [2.45, 2.75) is 27.4 Å². The second-order valence-corrected chi connectivity index (χ2v) is 5.95. The van der Waals surface area contributed by atoms with Crippen LogP contribution in [0.2, 0.25) is 0 Å². The SMILES string of the molecule is CC(C)(C)CO[PH](=O)OCc1ccccc1. The van der Waals surface area contributed by atoms with Crippen LogP contribution in [0.4, 0.5) is 0 Å². The van der Waals surface area contributed by atoms with Crippen molar-refractivity contribution in [3.63, 3.8) is 0 Å². The minimum atomic E-state index is -2.37. The molecule has 0 saturated carbocycles. The van der Waals surface area contributed by atoms with Crippen LogP contribution in [0.1, 0.15) is 26.3 Å². The third kappa shape index (κ3) is 6.06. The standard InChI is InChI=1S/C12H19O3P/c1-12(2,3)10-15-16(13)14-9-11-7-5-4-6-8-11/h4-8,16H,9-10H2,1-3H3. The van der Waals surface area contributed by atoms with Gasteiger partial charge in [0.2, 0.25) is 0 Å². The molecule has 0 heterocycles. The second-order valence-electron chi connectivity index (χ2n) is 4.87. The van der Waals surface area contributed by atoms with Gasteiger partial charge in [0.15, 0.2) is 0 Å². The molecule has 0 bridgehead atoms. The van der Waals surface area contributed by atoms with Crippen LogP contribution in [0, 0.1) is 5.41 Å². The van der Waals surface area contributed by atoms with Gasteiger partial charge in [-0.1, -0.05) is 51.1 Å². The smallest absolute Gasteiger partial charge is 0.310 e. The summed E-state index contributed by atoms with van der Waals surface area (Å²) in [6.07, 6.45) is 0. The summed E-state index contributed by atoms with van der Waals surface area (Å²) in [5, 5.41) is 0. The van der Waals surface area contributed by atoms with Crippen LogP contribution in [0.5, 0.6) is 0 Å². The van der Waals surface area contributed by atoms with Gasteiger partial charge in [0.1, 0.15) is 0 Å². The Hall–Kier alpha value is -0.630. The van der Waals surface area contributed by atoms with Crippen LogP contribution >= 0.6 is 8.25 Å². The predicted molar refractivity (Wildman–Crippen MR) is 65.6 cm³/mol. The molecule has 3 nitrogen and oxygen atoms in total. The zero-order valence-corrected chi connectivity index (χ0v) is 11.0. The van der Waals surface area contributed by atoms with E-state index in [9.17, 15) is 4.57 Å². The molecule has 0 fully saturated rings. The lowest BCUT2D eigenvalue weighted by atomic mass is 9.99. The Bertz CT molecular complexity index is 330. The molecule has 0 N–H and O–H groups in total. The summed E-state index contributed by atoms with van der Waals surface area (Å²) in [5.41, 5.74) is 1.01. The minimum absolute atomic E-state index is 0.0104. The highest BCUT2D eigenvalue weighted by atomic mass is 31.1. The van der Waals surface area contributed by atoms with Gasteiger partial charge < -0.3 is 9.05 Å². The molecule has 0 spiro atoms. The molecule has 0 radical (unpaired) electrons. The van der Waals surface area contributed by atoms with Crippen molar-refractivity contribution >= 4 is 8.25 Å². The second kappa shape index (κ2) is 6.19. The Labute approximate surface area is 97.7 Å². The van der Waals surface area contributed by atoms with E-state index in [-0.39, 0.29) is 5.41 Å². The van der Waals surface area contributed by atoms with E-state index in [1.165, 1.54) is 0 Å². The Morgan fingerprint density at radius 3 is 2.31 bits per heavy atom. The Morgan fingerprint density at radius 2 is 1.75 bits per heavy atom. The van der Waals surface area contributed by atoms with Crippen LogP contribution in [-0.4, -0.2) is 6.61 Å². The highest BCUT2D eigenvalue weighted by molar-refractivity contribution is 7.33. The molecule has 0 aliphatic carbocycles. The average Bonchev–Trinajstić information content (AvgIpc) is 2.24. The summed E-state index contributed by atoms with van der Waals surface area (Å²) in [7, 11) is -2.37. The minimum Gasteiger partial charge on any atom is -0.310 e. The molecule has 1 unspecified atom stereocenters. The Balaban J connectivity index is 2.26. The van der Waals surface area contributed by atoms with Crippen molar-refractivity contribution in [3.8, 4) is 0 Å². The predicted octanol–water partition coefficient (Wildman–Crippen LogP) is 3.66. The summed E-state index contributed by atoms with van der Waals surface area (Å²) in [6.45, 7) is 6.86. The maximum absolute atomic E-state index is 11.4.